The van der Waals surface area contributed by atoms with E-state index in [1.54, 1.807) is 7.11 Å². The lowest BCUT2D eigenvalue weighted by atomic mass is 10.0. The van der Waals surface area contributed by atoms with Gasteiger partial charge >= 0.3 is 0 Å². The van der Waals surface area contributed by atoms with Crippen molar-refractivity contribution in [2.24, 2.45) is 0 Å². The van der Waals surface area contributed by atoms with Crippen molar-refractivity contribution in [1.82, 2.24) is 10.3 Å². The zero-order valence-electron chi connectivity index (χ0n) is 13.1. The quantitative estimate of drug-likeness (QED) is 0.789. The van der Waals surface area contributed by atoms with Crippen LogP contribution in [0, 0.1) is 6.92 Å². The van der Waals surface area contributed by atoms with Gasteiger partial charge in [-0.25, -0.2) is 0 Å². The van der Waals surface area contributed by atoms with Crippen molar-refractivity contribution in [2.75, 3.05) is 26.8 Å². The van der Waals surface area contributed by atoms with Gasteiger partial charge in [-0.1, -0.05) is 36.8 Å². The predicted octanol–water partition coefficient (Wildman–Crippen LogP) is 3.57. The summed E-state index contributed by atoms with van der Waals surface area (Å²) in [6.07, 6.45) is 3.33. The summed E-state index contributed by atoms with van der Waals surface area (Å²) in [6, 6.07) is 10.5. The number of fused-ring (bicyclic) bond motifs is 1. The molecular weight excluding hydrogens is 260 g/mol. The third-order valence-corrected chi connectivity index (χ3v) is 3.53. The molecule has 3 heteroatoms. The molecule has 1 aromatic heterocycles. The van der Waals surface area contributed by atoms with Crippen LogP contribution < -0.4 is 5.32 Å². The lowest BCUT2D eigenvalue weighted by Crippen LogP contribution is -2.21. The molecule has 0 aliphatic heterocycles. The molecule has 0 spiro atoms. The Morgan fingerprint density at radius 3 is 2.90 bits per heavy atom. The molecule has 1 aromatic carbocycles. The van der Waals surface area contributed by atoms with Crippen molar-refractivity contribution >= 4 is 17.0 Å². The number of ether oxygens (including phenoxy) is 1. The highest BCUT2D eigenvalue weighted by molar-refractivity contribution is 5.88. The fraction of sp³-hybridized carbons (Fsp3) is 0.389. The highest BCUT2D eigenvalue weighted by Crippen LogP contribution is 2.21. The predicted molar refractivity (Wildman–Crippen MR) is 89.5 cm³/mol. The van der Waals surface area contributed by atoms with Gasteiger partial charge in [0, 0.05) is 31.3 Å². The number of pyridine rings is 1. The average Bonchev–Trinajstić information content (AvgIpc) is 2.50. The number of aryl methyl sites for hydroxylation is 1. The average molecular weight is 284 g/mol. The Balaban J connectivity index is 2.25. The summed E-state index contributed by atoms with van der Waals surface area (Å²) in [5.74, 6) is 0. The molecular formula is C18H24N2O. The molecule has 0 saturated heterocycles. The van der Waals surface area contributed by atoms with Gasteiger partial charge in [-0.3, -0.25) is 4.98 Å². The van der Waals surface area contributed by atoms with E-state index in [0.29, 0.717) is 0 Å². The minimum Gasteiger partial charge on any atom is -0.383 e. The Bertz CT molecular complexity index is 620. The van der Waals surface area contributed by atoms with E-state index < -0.39 is 0 Å². The van der Waals surface area contributed by atoms with Crippen LogP contribution in [0.15, 0.2) is 35.9 Å². The van der Waals surface area contributed by atoms with Crippen LogP contribution in [0.1, 0.15) is 24.6 Å². The van der Waals surface area contributed by atoms with Crippen molar-refractivity contribution in [2.45, 2.75) is 20.3 Å². The van der Waals surface area contributed by atoms with E-state index in [2.05, 4.69) is 47.6 Å². The summed E-state index contributed by atoms with van der Waals surface area (Å²) in [5.41, 5.74) is 4.76. The minimum absolute atomic E-state index is 0.744. The van der Waals surface area contributed by atoms with Gasteiger partial charge in [-0.15, -0.1) is 0 Å². The first-order valence-corrected chi connectivity index (χ1v) is 7.50. The van der Waals surface area contributed by atoms with Crippen LogP contribution in [0.4, 0.5) is 0 Å². The number of hydrogen-bond acceptors (Lipinski definition) is 3. The summed E-state index contributed by atoms with van der Waals surface area (Å²) in [6.45, 7) is 6.76. The van der Waals surface area contributed by atoms with Crippen molar-refractivity contribution in [1.29, 1.82) is 0 Å². The van der Waals surface area contributed by atoms with Gasteiger partial charge in [0.05, 0.1) is 12.1 Å². The monoisotopic (exact) mass is 284 g/mol. The summed E-state index contributed by atoms with van der Waals surface area (Å²) >= 11 is 0. The van der Waals surface area contributed by atoms with E-state index >= 15 is 0 Å². The molecule has 0 atom stereocenters. The second-order valence-electron chi connectivity index (χ2n) is 5.20. The second kappa shape index (κ2) is 7.91. The Morgan fingerprint density at radius 1 is 1.33 bits per heavy atom. The number of nitrogens with zero attached hydrogens (tertiary/aromatic N) is 1. The highest BCUT2D eigenvalue weighted by Gasteiger charge is 2.03. The van der Waals surface area contributed by atoms with Crippen molar-refractivity contribution in [3.8, 4) is 0 Å². The third kappa shape index (κ3) is 4.38. The maximum Gasteiger partial charge on any atom is 0.0711 e. The number of methoxy groups -OCH3 is 1. The lowest BCUT2D eigenvalue weighted by Gasteiger charge is -2.09. The van der Waals surface area contributed by atoms with E-state index in [9.17, 15) is 0 Å². The molecule has 0 fully saturated rings. The Kier molecular flexibility index (Phi) is 5.90. The van der Waals surface area contributed by atoms with E-state index in [-0.39, 0.29) is 0 Å². The molecule has 2 aromatic rings. The van der Waals surface area contributed by atoms with Crippen LogP contribution in [-0.4, -0.2) is 31.8 Å². The summed E-state index contributed by atoms with van der Waals surface area (Å²) in [4.78, 5) is 4.59. The molecule has 1 N–H and O–H groups in total. The van der Waals surface area contributed by atoms with Gasteiger partial charge < -0.3 is 10.1 Å². The topological polar surface area (TPSA) is 34.2 Å². The molecule has 3 nitrogen and oxygen atoms in total. The molecule has 0 saturated carbocycles. The summed E-state index contributed by atoms with van der Waals surface area (Å²) < 4.78 is 5.06. The number of rotatable bonds is 7. The molecule has 21 heavy (non-hydrogen) atoms. The van der Waals surface area contributed by atoms with Gasteiger partial charge in [0.1, 0.15) is 0 Å². The van der Waals surface area contributed by atoms with Crippen LogP contribution in [0.2, 0.25) is 0 Å². The first-order valence-electron chi connectivity index (χ1n) is 7.50. The van der Waals surface area contributed by atoms with Gasteiger partial charge in [0.15, 0.2) is 0 Å². The molecule has 0 aliphatic carbocycles. The van der Waals surface area contributed by atoms with Gasteiger partial charge in [0.25, 0.3) is 0 Å². The molecule has 1 heterocycles. The van der Waals surface area contributed by atoms with Gasteiger partial charge in [-0.2, -0.15) is 0 Å². The van der Waals surface area contributed by atoms with E-state index in [1.807, 2.05) is 13.0 Å². The molecule has 0 radical (unpaired) electrons. The maximum atomic E-state index is 5.06. The smallest absolute Gasteiger partial charge is 0.0711 e. The zero-order valence-corrected chi connectivity index (χ0v) is 13.1. The molecule has 0 aliphatic rings. The van der Waals surface area contributed by atoms with Gasteiger partial charge in [-0.05, 0) is 31.0 Å². The normalized spacial score (nSPS) is 12.0. The van der Waals surface area contributed by atoms with Gasteiger partial charge in [0.2, 0.25) is 0 Å². The van der Waals surface area contributed by atoms with E-state index in [1.165, 1.54) is 16.5 Å². The van der Waals surface area contributed by atoms with Crippen LogP contribution >= 0.6 is 0 Å². The number of hydrogen-bond donors (Lipinski definition) is 1. The first kappa shape index (κ1) is 15.7. The van der Waals surface area contributed by atoms with E-state index in [4.69, 9.17) is 4.74 Å². The van der Waals surface area contributed by atoms with E-state index in [0.717, 1.165) is 37.3 Å². The van der Waals surface area contributed by atoms with Crippen LogP contribution in [0.5, 0.6) is 0 Å². The largest absolute Gasteiger partial charge is 0.383 e. The molecule has 112 valence electrons. The third-order valence-electron chi connectivity index (χ3n) is 3.53. The van der Waals surface area contributed by atoms with Crippen molar-refractivity contribution < 1.29 is 4.74 Å². The zero-order chi connectivity index (χ0) is 15.1. The molecule has 0 amide bonds. The second-order valence-corrected chi connectivity index (χ2v) is 5.20. The summed E-state index contributed by atoms with van der Waals surface area (Å²) in [7, 11) is 1.73. The first-order chi connectivity index (χ1) is 10.2. The standard InChI is InChI=1S/C18H24N2O/c1-4-15(13-19-9-10-21-3)12-16-11-14(2)20-18-8-6-5-7-17(16)18/h5-8,11-12,19H,4,9-10,13H2,1-3H3. The van der Waals surface area contributed by atoms with Crippen LogP contribution in [-0.2, 0) is 4.74 Å². The van der Waals surface area contributed by atoms with Crippen molar-refractivity contribution in [3.63, 3.8) is 0 Å². The Morgan fingerprint density at radius 2 is 2.14 bits per heavy atom. The van der Waals surface area contributed by atoms with Crippen molar-refractivity contribution in [3.05, 3.63) is 47.2 Å². The molecule has 2 rings (SSSR count). The van der Waals surface area contributed by atoms with Crippen LogP contribution in [0.3, 0.4) is 0 Å². The fourth-order valence-electron chi connectivity index (χ4n) is 2.38. The lowest BCUT2D eigenvalue weighted by molar-refractivity contribution is 0.200. The number of nitrogens with one attached hydrogen (secondary N) is 1. The Hall–Kier alpha value is -1.71. The number of aromatic nitrogens is 1. The number of benzene rings is 1. The minimum atomic E-state index is 0.744. The molecule has 0 unspecified atom stereocenters. The number of para-hydroxylation sites is 1. The SMILES string of the molecule is CCC(=Cc1cc(C)nc2ccccc12)CNCCOC. The maximum absolute atomic E-state index is 5.06. The molecule has 0 bridgehead atoms. The summed E-state index contributed by atoms with van der Waals surface area (Å²) in [5, 5.41) is 4.63. The highest BCUT2D eigenvalue weighted by atomic mass is 16.5. The van der Waals surface area contributed by atoms with Crippen LogP contribution in [0.25, 0.3) is 17.0 Å². The Labute approximate surface area is 127 Å². The fourth-order valence-corrected chi connectivity index (χ4v) is 2.38.